The van der Waals surface area contributed by atoms with Crippen LogP contribution < -0.4 is 10.2 Å². The Labute approximate surface area is 199 Å². The number of hydrogen-bond acceptors (Lipinski definition) is 8. The van der Waals surface area contributed by atoms with Crippen LogP contribution in [0.15, 0.2) is 30.5 Å². The molecular formula is C22H25F3N6O3S. The third kappa shape index (κ3) is 4.42. The van der Waals surface area contributed by atoms with Crippen LogP contribution in [0.1, 0.15) is 31.7 Å². The second-order valence-corrected chi connectivity index (χ2v) is 11.7. The molecule has 0 spiro atoms. The van der Waals surface area contributed by atoms with Crippen molar-refractivity contribution < 1.29 is 26.7 Å². The molecule has 1 saturated carbocycles. The predicted molar refractivity (Wildman–Crippen MR) is 124 cm³/mol. The van der Waals surface area contributed by atoms with Gasteiger partial charge in [0, 0.05) is 25.4 Å². The number of anilines is 2. The van der Waals surface area contributed by atoms with Gasteiger partial charge in [0.05, 0.1) is 33.7 Å². The summed E-state index contributed by atoms with van der Waals surface area (Å²) in [6, 6.07) is 4.67. The van der Waals surface area contributed by atoms with Crippen LogP contribution in [0.25, 0.3) is 16.7 Å². The molecule has 3 aromatic rings. The van der Waals surface area contributed by atoms with Crippen LogP contribution in [0, 0.1) is 0 Å². The van der Waals surface area contributed by atoms with E-state index in [0.717, 1.165) is 12.1 Å². The largest absolute Gasteiger partial charge is 0.416 e. The van der Waals surface area contributed by atoms with Crippen molar-refractivity contribution in [2.45, 2.75) is 49.3 Å². The molecule has 13 heteroatoms. The van der Waals surface area contributed by atoms with Gasteiger partial charge in [-0.1, -0.05) is 13.0 Å². The lowest BCUT2D eigenvalue weighted by Gasteiger charge is -2.47. The molecule has 188 valence electrons. The molecule has 3 heterocycles. The molecule has 1 saturated heterocycles. The molecular weight excluding hydrogens is 485 g/mol. The third-order valence-electron chi connectivity index (χ3n) is 6.79. The van der Waals surface area contributed by atoms with Crippen molar-refractivity contribution in [2.75, 3.05) is 29.6 Å². The monoisotopic (exact) mass is 510 g/mol. The van der Waals surface area contributed by atoms with Crippen molar-refractivity contribution in [3.63, 3.8) is 0 Å². The van der Waals surface area contributed by atoms with E-state index in [1.807, 2.05) is 11.8 Å². The van der Waals surface area contributed by atoms with Crippen molar-refractivity contribution in [3.8, 4) is 5.69 Å². The summed E-state index contributed by atoms with van der Waals surface area (Å²) in [5, 5.41) is 18.1. The van der Waals surface area contributed by atoms with Gasteiger partial charge in [-0.05, 0) is 37.5 Å². The Balaban J connectivity index is 1.53. The number of alkyl halides is 3. The van der Waals surface area contributed by atoms with Gasteiger partial charge in [0.1, 0.15) is 15.7 Å². The number of fused-ring (bicyclic) bond motifs is 1. The Morgan fingerprint density at radius 2 is 1.94 bits per heavy atom. The number of nitrogens with zero attached hydrogens (tertiary/aromatic N) is 5. The van der Waals surface area contributed by atoms with Crippen LogP contribution in [-0.4, -0.2) is 69.5 Å². The van der Waals surface area contributed by atoms with Gasteiger partial charge in [-0.25, -0.2) is 13.1 Å². The van der Waals surface area contributed by atoms with Gasteiger partial charge in [-0.15, -0.1) is 0 Å². The van der Waals surface area contributed by atoms with Gasteiger partial charge in [-0.2, -0.15) is 28.2 Å². The number of rotatable bonds is 6. The Morgan fingerprint density at radius 3 is 2.57 bits per heavy atom. The molecule has 2 N–H and O–H groups in total. The molecule has 0 atom stereocenters. The van der Waals surface area contributed by atoms with Gasteiger partial charge in [-0.3, -0.25) is 0 Å². The molecule has 35 heavy (non-hydrogen) atoms. The minimum atomic E-state index is -4.51. The number of sulfone groups is 1. The number of aliphatic hydroxyl groups is 1. The van der Waals surface area contributed by atoms with Crippen LogP contribution in [0.5, 0.6) is 0 Å². The fraction of sp³-hybridized carbons (Fsp3) is 0.500. The first-order valence-corrected chi connectivity index (χ1v) is 13.2. The first-order valence-electron chi connectivity index (χ1n) is 11.2. The van der Waals surface area contributed by atoms with E-state index in [2.05, 4.69) is 20.4 Å². The van der Waals surface area contributed by atoms with Crippen LogP contribution in [0.4, 0.5) is 24.9 Å². The minimum absolute atomic E-state index is 0.145. The molecule has 0 unspecified atom stereocenters. The molecule has 0 radical (unpaired) electrons. The lowest BCUT2D eigenvalue weighted by atomic mass is 9.91. The van der Waals surface area contributed by atoms with Gasteiger partial charge in [0.15, 0.2) is 5.65 Å². The number of halogens is 3. The topological polar surface area (TPSA) is 113 Å². The summed E-state index contributed by atoms with van der Waals surface area (Å²) in [6.45, 7) is 2.59. The van der Waals surface area contributed by atoms with E-state index in [-0.39, 0.29) is 17.7 Å². The first-order chi connectivity index (χ1) is 16.4. The van der Waals surface area contributed by atoms with Crippen LogP contribution >= 0.6 is 0 Å². The van der Waals surface area contributed by atoms with Crippen molar-refractivity contribution in [1.82, 2.24) is 19.7 Å². The van der Waals surface area contributed by atoms with E-state index < -0.39 is 32.4 Å². The zero-order chi connectivity index (χ0) is 25.2. The molecule has 1 aliphatic carbocycles. The zero-order valence-electron chi connectivity index (χ0n) is 19.1. The zero-order valence-corrected chi connectivity index (χ0v) is 19.9. The summed E-state index contributed by atoms with van der Waals surface area (Å²) in [5.74, 6) is 0.734. The second-order valence-electron chi connectivity index (χ2n) is 9.41. The van der Waals surface area contributed by atoms with Gasteiger partial charge < -0.3 is 15.3 Å². The van der Waals surface area contributed by atoms with Crippen molar-refractivity contribution >= 4 is 32.6 Å². The van der Waals surface area contributed by atoms with Crippen LogP contribution in [0.3, 0.4) is 0 Å². The SMILES string of the molecule is CCC1(O)CN(c2nc(N[C@H]3C[C@H](S(C)(=O)=O)C3)nc3c2cnn3-c2cccc(C(F)(F)F)c2)C1. The van der Waals surface area contributed by atoms with Crippen molar-refractivity contribution in [2.24, 2.45) is 0 Å². The predicted octanol–water partition coefficient (Wildman–Crippen LogP) is 2.78. The lowest BCUT2D eigenvalue weighted by Crippen LogP contribution is -2.62. The van der Waals surface area contributed by atoms with E-state index >= 15 is 0 Å². The van der Waals surface area contributed by atoms with Gasteiger partial charge in [0.25, 0.3) is 0 Å². The molecule has 0 amide bonds. The molecule has 1 aromatic carbocycles. The summed E-state index contributed by atoms with van der Waals surface area (Å²) < 4.78 is 64.7. The second kappa shape index (κ2) is 8.05. The smallest absolute Gasteiger partial charge is 0.386 e. The number of aromatic nitrogens is 4. The summed E-state index contributed by atoms with van der Waals surface area (Å²) in [4.78, 5) is 11.0. The number of nitrogens with one attached hydrogen (secondary N) is 1. The first kappa shape index (κ1) is 23.8. The summed E-state index contributed by atoms with van der Waals surface area (Å²) in [5.41, 5.74) is -1.13. The Kier molecular flexibility index (Phi) is 5.47. The summed E-state index contributed by atoms with van der Waals surface area (Å²) in [7, 11) is -3.13. The summed E-state index contributed by atoms with van der Waals surface area (Å²) >= 11 is 0. The Hall–Kier alpha value is -2.93. The Morgan fingerprint density at radius 1 is 1.23 bits per heavy atom. The van der Waals surface area contributed by atoms with E-state index in [1.165, 1.54) is 29.3 Å². The standard InChI is InChI=1S/C22H25F3N6O3S/c1-3-21(32)11-30(12-21)18-17-10-26-31(15-6-4-5-13(7-15)22(23,24)25)19(17)29-20(28-18)27-14-8-16(9-14)35(2,33)34/h4-7,10,14,16,32H,3,8-9,11-12H2,1-2H3,(H,27,28,29)/t14-,16-. The number of hydrogen-bond donors (Lipinski definition) is 2. The maximum Gasteiger partial charge on any atom is 0.416 e. The van der Waals surface area contributed by atoms with E-state index in [9.17, 15) is 26.7 Å². The maximum absolute atomic E-state index is 13.3. The number of benzene rings is 1. The highest BCUT2D eigenvalue weighted by molar-refractivity contribution is 7.91. The normalized spacial score (nSPS) is 22.1. The highest BCUT2D eigenvalue weighted by Gasteiger charge is 2.42. The highest BCUT2D eigenvalue weighted by Crippen LogP contribution is 2.36. The molecule has 1 aliphatic heterocycles. The average Bonchev–Trinajstić information content (AvgIpc) is 3.16. The maximum atomic E-state index is 13.3. The molecule has 0 bridgehead atoms. The fourth-order valence-corrected chi connectivity index (χ4v) is 5.62. The fourth-order valence-electron chi connectivity index (χ4n) is 4.45. The molecule has 5 rings (SSSR count). The summed E-state index contributed by atoms with van der Waals surface area (Å²) in [6.07, 6.45) is -0.388. The van der Waals surface area contributed by atoms with Gasteiger partial charge >= 0.3 is 6.18 Å². The third-order valence-corrected chi connectivity index (χ3v) is 8.38. The molecule has 2 aromatic heterocycles. The highest BCUT2D eigenvalue weighted by atomic mass is 32.2. The lowest BCUT2D eigenvalue weighted by molar-refractivity contribution is -0.137. The van der Waals surface area contributed by atoms with Gasteiger partial charge in [0.2, 0.25) is 5.95 Å². The minimum Gasteiger partial charge on any atom is -0.386 e. The molecule has 9 nitrogen and oxygen atoms in total. The molecule has 2 aliphatic rings. The van der Waals surface area contributed by atoms with E-state index in [0.29, 0.717) is 49.2 Å². The quantitative estimate of drug-likeness (QED) is 0.521. The average molecular weight is 511 g/mol. The van der Waals surface area contributed by atoms with Crippen molar-refractivity contribution in [1.29, 1.82) is 0 Å². The van der Waals surface area contributed by atoms with Crippen LogP contribution in [-0.2, 0) is 16.0 Å². The van der Waals surface area contributed by atoms with Crippen LogP contribution in [0.2, 0.25) is 0 Å². The molecule has 2 fully saturated rings. The van der Waals surface area contributed by atoms with Crippen molar-refractivity contribution in [3.05, 3.63) is 36.0 Å². The Bertz CT molecular complexity index is 1380. The van der Waals surface area contributed by atoms with E-state index in [4.69, 9.17) is 0 Å². The number of β-amino-alcohol motifs (C(OH)–C–C–N with tert-alkyl or cyclic N) is 1. The van der Waals surface area contributed by atoms with E-state index in [1.54, 1.807) is 0 Å².